The van der Waals surface area contributed by atoms with Crippen LogP contribution in [0, 0.1) is 0 Å². The number of carboxylic acid groups (broad SMARTS) is 1. The van der Waals surface area contributed by atoms with Gasteiger partial charge in [-0.1, -0.05) is 13.0 Å². The van der Waals surface area contributed by atoms with Gasteiger partial charge in [-0.25, -0.2) is 4.79 Å². The van der Waals surface area contributed by atoms with Gasteiger partial charge in [0, 0.05) is 12.1 Å². The molecule has 0 rings (SSSR count). The van der Waals surface area contributed by atoms with Gasteiger partial charge >= 0.3 is 5.97 Å². The molecule has 0 aliphatic rings. The van der Waals surface area contributed by atoms with E-state index in [1.165, 1.54) is 7.11 Å². The van der Waals surface area contributed by atoms with E-state index in [4.69, 9.17) is 5.11 Å². The highest BCUT2D eigenvalue weighted by Crippen LogP contribution is 1.98. The molecule has 11 heavy (non-hydrogen) atoms. The van der Waals surface area contributed by atoms with E-state index < -0.39 is 5.97 Å². The molecule has 4 nitrogen and oxygen atoms in total. The molecule has 0 bridgehead atoms. The molecule has 0 aromatic rings. The third-order valence-electron chi connectivity index (χ3n) is 1.23. The number of nitrogens with one attached hydrogen (secondary N) is 1. The Morgan fingerprint density at radius 3 is 2.73 bits per heavy atom. The van der Waals surface area contributed by atoms with E-state index in [0.29, 0.717) is 18.5 Å². The van der Waals surface area contributed by atoms with Crippen LogP contribution in [-0.4, -0.2) is 24.7 Å². The molecule has 2 N–H and O–H groups in total. The van der Waals surface area contributed by atoms with Gasteiger partial charge in [-0.05, 0) is 6.42 Å². The van der Waals surface area contributed by atoms with Gasteiger partial charge in [-0.2, -0.15) is 5.48 Å². The van der Waals surface area contributed by atoms with E-state index in [1.807, 2.05) is 0 Å². The highest BCUT2D eigenvalue weighted by atomic mass is 16.6. The smallest absolute Gasteiger partial charge is 0.331 e. The molecule has 0 amide bonds. The lowest BCUT2D eigenvalue weighted by atomic mass is 10.2. The number of aliphatic carboxylic acids is 1. The van der Waals surface area contributed by atoms with Gasteiger partial charge in [-0.15, -0.1) is 0 Å². The van der Waals surface area contributed by atoms with Gasteiger partial charge < -0.3 is 9.94 Å². The fourth-order valence-electron chi connectivity index (χ4n) is 0.631. The van der Waals surface area contributed by atoms with Crippen LogP contribution in [0.25, 0.3) is 0 Å². The van der Waals surface area contributed by atoms with Gasteiger partial charge in [0.1, 0.15) is 0 Å². The zero-order valence-electron chi connectivity index (χ0n) is 6.76. The Hall–Kier alpha value is -0.870. The summed E-state index contributed by atoms with van der Waals surface area (Å²) in [6, 6.07) is 0. The summed E-state index contributed by atoms with van der Waals surface area (Å²) >= 11 is 0. The average Bonchev–Trinajstić information content (AvgIpc) is 1.97. The molecule has 4 heteroatoms. The Labute approximate surface area is 65.8 Å². The Morgan fingerprint density at radius 1 is 1.73 bits per heavy atom. The molecule has 0 spiro atoms. The van der Waals surface area contributed by atoms with E-state index in [1.54, 1.807) is 13.0 Å². The topological polar surface area (TPSA) is 58.6 Å². The van der Waals surface area contributed by atoms with Crippen molar-refractivity contribution in [2.24, 2.45) is 0 Å². The second kappa shape index (κ2) is 5.88. The summed E-state index contributed by atoms with van der Waals surface area (Å²) in [4.78, 5) is 14.9. The summed E-state index contributed by atoms with van der Waals surface area (Å²) in [5.74, 6) is -0.870. The molecule has 0 aliphatic heterocycles. The Bertz CT molecular complexity index is 154. The standard InChI is InChI=1S/C7H13NO3/c1-3-6(7(9)10)4-5-8-11-2/h4,8H,3,5H2,1-2H3,(H,9,10). The van der Waals surface area contributed by atoms with E-state index in [9.17, 15) is 4.79 Å². The average molecular weight is 159 g/mol. The number of carbonyl (C=O) groups is 1. The first-order chi connectivity index (χ1) is 5.22. The van der Waals surface area contributed by atoms with Crippen LogP contribution < -0.4 is 5.48 Å². The minimum atomic E-state index is -0.870. The van der Waals surface area contributed by atoms with Gasteiger partial charge in [0.2, 0.25) is 0 Å². The minimum absolute atomic E-state index is 0.398. The molecule has 0 heterocycles. The molecule has 0 saturated carbocycles. The quantitative estimate of drug-likeness (QED) is 0.349. The third kappa shape index (κ3) is 4.52. The molecule has 64 valence electrons. The van der Waals surface area contributed by atoms with Crippen LogP contribution in [0.4, 0.5) is 0 Å². The van der Waals surface area contributed by atoms with Crippen molar-refractivity contribution in [3.63, 3.8) is 0 Å². The molecule has 0 unspecified atom stereocenters. The third-order valence-corrected chi connectivity index (χ3v) is 1.23. The highest BCUT2D eigenvalue weighted by molar-refractivity contribution is 5.86. The van der Waals surface area contributed by atoms with Crippen molar-refractivity contribution in [2.75, 3.05) is 13.7 Å². The summed E-state index contributed by atoms with van der Waals surface area (Å²) in [6.07, 6.45) is 2.12. The van der Waals surface area contributed by atoms with Crippen LogP contribution in [0.15, 0.2) is 11.6 Å². The molecule has 0 fully saturated rings. The van der Waals surface area contributed by atoms with Crippen molar-refractivity contribution >= 4 is 5.97 Å². The largest absolute Gasteiger partial charge is 0.478 e. The van der Waals surface area contributed by atoms with Crippen LogP contribution in [0.5, 0.6) is 0 Å². The van der Waals surface area contributed by atoms with E-state index >= 15 is 0 Å². The number of hydrogen-bond donors (Lipinski definition) is 2. The summed E-state index contributed by atoms with van der Waals surface area (Å²) < 4.78 is 0. The van der Waals surface area contributed by atoms with Gasteiger partial charge in [0.05, 0.1) is 7.11 Å². The van der Waals surface area contributed by atoms with Gasteiger partial charge in [0.25, 0.3) is 0 Å². The summed E-state index contributed by atoms with van der Waals surface area (Å²) in [7, 11) is 1.49. The first-order valence-electron chi connectivity index (χ1n) is 3.40. The van der Waals surface area contributed by atoms with Crippen LogP contribution in [0.2, 0.25) is 0 Å². The first kappa shape index (κ1) is 10.1. The molecule has 0 aromatic carbocycles. The molecule has 0 saturated heterocycles. The monoisotopic (exact) mass is 159 g/mol. The van der Waals surface area contributed by atoms with Crippen LogP contribution in [-0.2, 0) is 9.63 Å². The highest BCUT2D eigenvalue weighted by Gasteiger charge is 2.01. The lowest BCUT2D eigenvalue weighted by Crippen LogP contribution is -2.12. The van der Waals surface area contributed by atoms with Crippen molar-refractivity contribution in [3.05, 3.63) is 11.6 Å². The molecule has 0 aromatic heterocycles. The van der Waals surface area contributed by atoms with Crippen molar-refractivity contribution < 1.29 is 14.7 Å². The maximum atomic E-state index is 10.4. The number of hydroxylamine groups is 1. The first-order valence-corrected chi connectivity index (χ1v) is 3.40. The van der Waals surface area contributed by atoms with E-state index in [-0.39, 0.29) is 0 Å². The SMILES string of the molecule is CCC(=CCNOC)C(=O)O. The second-order valence-electron chi connectivity index (χ2n) is 1.94. The van der Waals surface area contributed by atoms with Crippen molar-refractivity contribution in [3.8, 4) is 0 Å². The van der Waals surface area contributed by atoms with Gasteiger partial charge in [-0.3, -0.25) is 0 Å². The molecular weight excluding hydrogens is 146 g/mol. The lowest BCUT2D eigenvalue weighted by molar-refractivity contribution is -0.132. The maximum absolute atomic E-state index is 10.4. The van der Waals surface area contributed by atoms with E-state index in [2.05, 4.69) is 10.3 Å². The fourth-order valence-corrected chi connectivity index (χ4v) is 0.631. The van der Waals surface area contributed by atoms with Crippen LogP contribution in [0.1, 0.15) is 13.3 Å². The maximum Gasteiger partial charge on any atom is 0.331 e. The molecule has 0 aliphatic carbocycles. The molecular formula is C7H13NO3. The Morgan fingerprint density at radius 2 is 2.36 bits per heavy atom. The zero-order valence-corrected chi connectivity index (χ0v) is 6.76. The predicted molar refractivity (Wildman–Crippen MR) is 41.0 cm³/mol. The summed E-state index contributed by atoms with van der Waals surface area (Å²) in [5, 5.41) is 8.54. The number of rotatable bonds is 5. The fraction of sp³-hybridized carbons (Fsp3) is 0.571. The molecule has 0 atom stereocenters. The molecule has 0 radical (unpaired) electrons. The zero-order chi connectivity index (χ0) is 8.69. The van der Waals surface area contributed by atoms with Crippen LogP contribution >= 0.6 is 0 Å². The lowest BCUT2D eigenvalue weighted by Gasteiger charge is -1.98. The Kier molecular flexibility index (Phi) is 5.42. The second-order valence-corrected chi connectivity index (χ2v) is 1.94. The summed E-state index contributed by atoms with van der Waals surface area (Å²) in [6.45, 7) is 2.22. The van der Waals surface area contributed by atoms with Gasteiger partial charge in [0.15, 0.2) is 0 Å². The van der Waals surface area contributed by atoms with Crippen molar-refractivity contribution in [2.45, 2.75) is 13.3 Å². The van der Waals surface area contributed by atoms with Crippen molar-refractivity contribution in [1.29, 1.82) is 0 Å². The number of hydrogen-bond acceptors (Lipinski definition) is 3. The summed E-state index contributed by atoms with van der Waals surface area (Å²) in [5.41, 5.74) is 2.93. The minimum Gasteiger partial charge on any atom is -0.478 e. The number of carboxylic acids is 1. The normalized spacial score (nSPS) is 11.6. The Balaban J connectivity index is 3.81. The predicted octanol–water partition coefficient (Wildman–Crippen LogP) is 0.558. The van der Waals surface area contributed by atoms with Crippen molar-refractivity contribution in [1.82, 2.24) is 5.48 Å². The van der Waals surface area contributed by atoms with Crippen LogP contribution in [0.3, 0.4) is 0 Å². The van der Waals surface area contributed by atoms with E-state index in [0.717, 1.165) is 0 Å².